The van der Waals surface area contributed by atoms with Crippen LogP contribution in [0, 0.1) is 32.6 Å². The van der Waals surface area contributed by atoms with Crippen LogP contribution in [0.3, 0.4) is 0 Å². The first-order chi connectivity index (χ1) is 8.16. The van der Waals surface area contributed by atoms with Crippen LogP contribution in [0.2, 0.25) is 0 Å². The Bertz CT molecular complexity index is 557. The van der Waals surface area contributed by atoms with Gasteiger partial charge in [0.2, 0.25) is 0 Å². The first-order valence-electron chi connectivity index (χ1n) is 5.82. The summed E-state index contributed by atoms with van der Waals surface area (Å²) in [6.07, 6.45) is 0. The molecular formula is C17H16. The van der Waals surface area contributed by atoms with Gasteiger partial charge in [-0.05, 0) is 44.0 Å². The van der Waals surface area contributed by atoms with Crippen LogP contribution >= 0.6 is 0 Å². The highest BCUT2D eigenvalue weighted by atomic mass is 14.0. The molecule has 2 aromatic rings. The second kappa shape index (κ2) is 4.89. The highest BCUT2D eigenvalue weighted by Crippen LogP contribution is 2.11. The normalized spacial score (nSPS) is 9.59. The summed E-state index contributed by atoms with van der Waals surface area (Å²) in [6.45, 7) is 6.29. The minimum atomic E-state index is 1.07. The number of hydrogen-bond acceptors (Lipinski definition) is 0. The van der Waals surface area contributed by atoms with Crippen LogP contribution in [-0.4, -0.2) is 0 Å². The molecule has 0 aliphatic heterocycles. The van der Waals surface area contributed by atoms with Crippen molar-refractivity contribution in [3.8, 4) is 11.8 Å². The van der Waals surface area contributed by atoms with Crippen LogP contribution in [0.5, 0.6) is 0 Å². The van der Waals surface area contributed by atoms with Gasteiger partial charge in [-0.2, -0.15) is 0 Å². The molecule has 0 nitrogen and oxygen atoms in total. The van der Waals surface area contributed by atoms with Gasteiger partial charge >= 0.3 is 0 Å². The molecule has 0 saturated heterocycles. The van der Waals surface area contributed by atoms with Crippen molar-refractivity contribution in [2.24, 2.45) is 0 Å². The summed E-state index contributed by atoms with van der Waals surface area (Å²) in [4.78, 5) is 0. The van der Waals surface area contributed by atoms with Gasteiger partial charge in [0.15, 0.2) is 0 Å². The Labute approximate surface area is 103 Å². The van der Waals surface area contributed by atoms with Crippen LogP contribution in [0.1, 0.15) is 27.8 Å². The van der Waals surface area contributed by atoms with Crippen LogP contribution < -0.4 is 0 Å². The van der Waals surface area contributed by atoms with Gasteiger partial charge in [-0.1, -0.05) is 47.7 Å². The smallest absolute Gasteiger partial charge is 0.0307 e. The summed E-state index contributed by atoms with van der Waals surface area (Å²) in [7, 11) is 0. The molecule has 0 spiro atoms. The van der Waals surface area contributed by atoms with E-state index in [0.29, 0.717) is 0 Å². The second-order valence-corrected chi connectivity index (χ2v) is 4.38. The predicted octanol–water partition coefficient (Wildman–Crippen LogP) is 4.01. The zero-order valence-electron chi connectivity index (χ0n) is 10.5. The van der Waals surface area contributed by atoms with Gasteiger partial charge in [-0.25, -0.2) is 0 Å². The Morgan fingerprint density at radius 1 is 0.706 bits per heavy atom. The molecule has 2 rings (SSSR count). The Morgan fingerprint density at radius 2 is 1.29 bits per heavy atom. The minimum absolute atomic E-state index is 1.07. The Kier molecular flexibility index (Phi) is 3.30. The number of rotatable bonds is 0. The molecule has 2 aromatic carbocycles. The molecule has 0 bridgehead atoms. The van der Waals surface area contributed by atoms with Crippen molar-refractivity contribution in [2.45, 2.75) is 20.8 Å². The molecule has 0 heteroatoms. The summed E-state index contributed by atoms with van der Waals surface area (Å²) in [5.74, 6) is 6.49. The van der Waals surface area contributed by atoms with Crippen LogP contribution in [-0.2, 0) is 0 Å². The van der Waals surface area contributed by atoms with Crippen LogP contribution in [0.25, 0.3) is 0 Å². The summed E-state index contributed by atoms with van der Waals surface area (Å²) in [6, 6.07) is 14.6. The highest BCUT2D eigenvalue weighted by Gasteiger charge is 1.97. The molecule has 0 unspecified atom stereocenters. The van der Waals surface area contributed by atoms with E-state index in [4.69, 9.17) is 0 Å². The lowest BCUT2D eigenvalue weighted by molar-refractivity contribution is 1.35. The standard InChI is InChI=1S/C17H16/c1-13-7-9-16(10-8-13)11-12-17-14(2)5-4-6-15(17)3/h4-10H,1-3H3. The van der Waals surface area contributed by atoms with Gasteiger partial charge in [-0.15, -0.1) is 0 Å². The van der Waals surface area contributed by atoms with E-state index in [-0.39, 0.29) is 0 Å². The lowest BCUT2D eigenvalue weighted by atomic mass is 10.0. The fourth-order valence-corrected chi connectivity index (χ4v) is 1.78. The van der Waals surface area contributed by atoms with E-state index in [2.05, 4.69) is 75.1 Å². The maximum Gasteiger partial charge on any atom is 0.0307 e. The van der Waals surface area contributed by atoms with Gasteiger partial charge in [0, 0.05) is 11.1 Å². The van der Waals surface area contributed by atoms with E-state index >= 15 is 0 Å². The zero-order chi connectivity index (χ0) is 12.3. The minimum Gasteiger partial charge on any atom is -0.0617 e. The van der Waals surface area contributed by atoms with Gasteiger partial charge in [0.05, 0.1) is 0 Å². The summed E-state index contributed by atoms with van der Waals surface area (Å²) in [5.41, 5.74) is 5.96. The lowest BCUT2D eigenvalue weighted by Crippen LogP contribution is -1.86. The fourth-order valence-electron chi connectivity index (χ4n) is 1.78. The number of benzene rings is 2. The summed E-state index contributed by atoms with van der Waals surface area (Å²) >= 11 is 0. The first-order valence-corrected chi connectivity index (χ1v) is 5.82. The number of aryl methyl sites for hydroxylation is 3. The Hall–Kier alpha value is -2.00. The van der Waals surface area contributed by atoms with Gasteiger partial charge in [-0.3, -0.25) is 0 Å². The third-order valence-corrected chi connectivity index (χ3v) is 2.86. The molecule has 0 aliphatic rings. The molecule has 0 saturated carbocycles. The van der Waals surface area contributed by atoms with Crippen molar-refractivity contribution in [1.82, 2.24) is 0 Å². The van der Waals surface area contributed by atoms with Gasteiger partial charge < -0.3 is 0 Å². The average molecular weight is 220 g/mol. The van der Waals surface area contributed by atoms with E-state index in [0.717, 1.165) is 11.1 Å². The van der Waals surface area contributed by atoms with Crippen molar-refractivity contribution in [3.63, 3.8) is 0 Å². The summed E-state index contributed by atoms with van der Waals surface area (Å²) in [5, 5.41) is 0. The third-order valence-electron chi connectivity index (χ3n) is 2.86. The molecule has 17 heavy (non-hydrogen) atoms. The molecule has 0 heterocycles. The van der Waals surface area contributed by atoms with Crippen molar-refractivity contribution >= 4 is 0 Å². The second-order valence-electron chi connectivity index (χ2n) is 4.38. The van der Waals surface area contributed by atoms with E-state index in [1.54, 1.807) is 0 Å². The lowest BCUT2D eigenvalue weighted by Gasteiger charge is -2.01. The SMILES string of the molecule is Cc1ccc(C#Cc2c(C)cccc2C)cc1. The first kappa shape index (κ1) is 11.5. The molecule has 0 aliphatic carbocycles. The molecule has 0 amide bonds. The van der Waals surface area contributed by atoms with Crippen molar-refractivity contribution in [2.75, 3.05) is 0 Å². The van der Waals surface area contributed by atoms with Crippen molar-refractivity contribution in [1.29, 1.82) is 0 Å². The molecule has 0 fully saturated rings. The highest BCUT2D eigenvalue weighted by molar-refractivity contribution is 5.50. The third kappa shape index (κ3) is 2.77. The van der Waals surface area contributed by atoms with E-state index in [9.17, 15) is 0 Å². The Balaban J connectivity index is 2.36. The van der Waals surface area contributed by atoms with Gasteiger partial charge in [0.25, 0.3) is 0 Å². The number of hydrogen-bond donors (Lipinski definition) is 0. The predicted molar refractivity (Wildman–Crippen MR) is 73.1 cm³/mol. The average Bonchev–Trinajstić information content (AvgIpc) is 2.31. The van der Waals surface area contributed by atoms with E-state index in [1.807, 2.05) is 0 Å². The largest absolute Gasteiger partial charge is 0.0617 e. The van der Waals surface area contributed by atoms with Crippen LogP contribution in [0.4, 0.5) is 0 Å². The molecule has 0 radical (unpaired) electrons. The van der Waals surface area contributed by atoms with Crippen LogP contribution in [0.15, 0.2) is 42.5 Å². The topological polar surface area (TPSA) is 0 Å². The maximum absolute atomic E-state index is 3.27. The molecule has 84 valence electrons. The monoisotopic (exact) mass is 220 g/mol. The van der Waals surface area contributed by atoms with E-state index in [1.165, 1.54) is 16.7 Å². The quantitative estimate of drug-likeness (QED) is 0.588. The zero-order valence-corrected chi connectivity index (χ0v) is 10.5. The van der Waals surface area contributed by atoms with Crippen molar-refractivity contribution in [3.05, 3.63) is 70.3 Å². The molecular weight excluding hydrogens is 204 g/mol. The fraction of sp³-hybridized carbons (Fsp3) is 0.176. The molecule has 0 atom stereocenters. The van der Waals surface area contributed by atoms with Crippen molar-refractivity contribution < 1.29 is 0 Å². The van der Waals surface area contributed by atoms with E-state index < -0.39 is 0 Å². The molecule has 0 aromatic heterocycles. The molecule has 0 N–H and O–H groups in total. The summed E-state index contributed by atoms with van der Waals surface area (Å²) < 4.78 is 0. The maximum atomic E-state index is 3.27. The van der Waals surface area contributed by atoms with Gasteiger partial charge in [0.1, 0.15) is 0 Å². The Morgan fingerprint density at radius 3 is 1.88 bits per heavy atom.